The summed E-state index contributed by atoms with van der Waals surface area (Å²) in [7, 11) is 0. The molecule has 0 amide bonds. The Morgan fingerprint density at radius 3 is 2.95 bits per heavy atom. The third kappa shape index (κ3) is 3.11. The van der Waals surface area contributed by atoms with Crippen LogP contribution in [-0.4, -0.2) is 23.1 Å². The Morgan fingerprint density at radius 2 is 2.16 bits per heavy atom. The number of piperidine rings is 1. The zero-order chi connectivity index (χ0) is 13.1. The molecule has 1 saturated carbocycles. The van der Waals surface area contributed by atoms with E-state index in [-0.39, 0.29) is 0 Å². The van der Waals surface area contributed by atoms with E-state index in [9.17, 15) is 0 Å². The van der Waals surface area contributed by atoms with Crippen LogP contribution in [0.3, 0.4) is 0 Å². The second kappa shape index (κ2) is 5.95. The van der Waals surface area contributed by atoms with Gasteiger partial charge in [-0.05, 0) is 49.0 Å². The van der Waals surface area contributed by atoms with Crippen LogP contribution in [-0.2, 0) is 6.54 Å². The van der Waals surface area contributed by atoms with Crippen molar-refractivity contribution < 1.29 is 4.42 Å². The molecule has 3 nitrogen and oxygen atoms in total. The fraction of sp³-hybridized carbons (Fsp3) is 0.667. The Morgan fingerprint density at radius 1 is 1.32 bits per heavy atom. The molecule has 4 heteroatoms. The van der Waals surface area contributed by atoms with Crippen molar-refractivity contribution in [2.24, 2.45) is 11.8 Å². The Labute approximate surface area is 120 Å². The van der Waals surface area contributed by atoms with Gasteiger partial charge in [0.25, 0.3) is 0 Å². The second-order valence-corrected chi connectivity index (χ2v) is 6.16. The van der Waals surface area contributed by atoms with E-state index in [4.69, 9.17) is 16.6 Å². The normalized spacial score (nSPS) is 26.8. The zero-order valence-electron chi connectivity index (χ0n) is 11.3. The molecule has 0 unspecified atom stereocenters. The lowest BCUT2D eigenvalue weighted by molar-refractivity contribution is 0.129. The van der Waals surface area contributed by atoms with E-state index in [1.165, 1.54) is 32.1 Å². The van der Waals surface area contributed by atoms with E-state index in [1.54, 1.807) is 6.26 Å². The summed E-state index contributed by atoms with van der Waals surface area (Å²) in [6.45, 7) is 2.95. The first-order chi connectivity index (χ1) is 9.33. The average Bonchev–Trinajstić information content (AvgIpc) is 2.97. The molecule has 1 aliphatic carbocycles. The molecule has 3 rings (SSSR count). The number of fused-ring (bicyclic) bond motifs is 1. The topological polar surface area (TPSA) is 28.4 Å². The smallest absolute Gasteiger partial charge is 0.169 e. The number of nitrogens with zero attached hydrogens (tertiary/aromatic N) is 1. The van der Waals surface area contributed by atoms with E-state index in [0.29, 0.717) is 6.54 Å². The Balaban J connectivity index is 1.50. The first-order valence-corrected chi connectivity index (χ1v) is 7.79. The van der Waals surface area contributed by atoms with Gasteiger partial charge < -0.3 is 14.6 Å². The molecular formula is C15H22N2OS. The quantitative estimate of drug-likeness (QED) is 0.841. The minimum atomic E-state index is 0.691. The van der Waals surface area contributed by atoms with Crippen LogP contribution in [0, 0.1) is 11.8 Å². The molecule has 0 radical (unpaired) electrons. The zero-order valence-corrected chi connectivity index (χ0v) is 12.1. The van der Waals surface area contributed by atoms with Gasteiger partial charge in [-0.3, -0.25) is 0 Å². The number of thiocarbonyl (C=S) groups is 1. The fourth-order valence-corrected chi connectivity index (χ4v) is 3.71. The molecule has 0 bridgehead atoms. The highest BCUT2D eigenvalue weighted by Gasteiger charge is 2.31. The minimum absolute atomic E-state index is 0.691. The van der Waals surface area contributed by atoms with Crippen molar-refractivity contribution in [3.63, 3.8) is 0 Å². The van der Waals surface area contributed by atoms with Crippen LogP contribution in [0.25, 0.3) is 0 Å². The fourth-order valence-electron chi connectivity index (χ4n) is 3.47. The van der Waals surface area contributed by atoms with Crippen molar-refractivity contribution in [1.82, 2.24) is 10.2 Å². The summed E-state index contributed by atoms with van der Waals surface area (Å²) < 4.78 is 5.32. The summed E-state index contributed by atoms with van der Waals surface area (Å²) in [6, 6.07) is 3.89. The number of likely N-dealkylation sites (tertiary alicyclic amines) is 1. The summed E-state index contributed by atoms with van der Waals surface area (Å²) >= 11 is 5.51. The highest BCUT2D eigenvalue weighted by molar-refractivity contribution is 7.80. The highest BCUT2D eigenvalue weighted by Crippen LogP contribution is 2.35. The molecule has 2 aliphatic rings. The van der Waals surface area contributed by atoms with E-state index in [1.807, 2.05) is 12.1 Å². The largest absolute Gasteiger partial charge is 0.467 e. The monoisotopic (exact) mass is 278 g/mol. The molecule has 1 N–H and O–H groups in total. The Hall–Kier alpha value is -1.03. The molecule has 2 heterocycles. The molecular weight excluding hydrogens is 256 g/mol. The lowest BCUT2D eigenvalue weighted by atomic mass is 9.75. The van der Waals surface area contributed by atoms with Crippen LogP contribution < -0.4 is 5.32 Å². The van der Waals surface area contributed by atoms with E-state index >= 15 is 0 Å². The third-order valence-electron chi connectivity index (χ3n) is 4.57. The molecule has 1 aliphatic heterocycles. The van der Waals surface area contributed by atoms with Gasteiger partial charge in [0, 0.05) is 13.1 Å². The van der Waals surface area contributed by atoms with Crippen LogP contribution in [0.5, 0.6) is 0 Å². The molecule has 0 spiro atoms. The van der Waals surface area contributed by atoms with Crippen molar-refractivity contribution in [1.29, 1.82) is 0 Å². The summed E-state index contributed by atoms with van der Waals surface area (Å²) in [5.74, 6) is 2.76. The standard InChI is InChI=1S/C15H22N2OS/c19-15(16-10-14-6-3-9-18-14)17-8-7-12-4-1-2-5-13(12)11-17/h3,6,9,12-13H,1-2,4-5,7-8,10-11H2,(H,16,19)/t12-,13+/m1/s1. The highest BCUT2D eigenvalue weighted by atomic mass is 32.1. The van der Waals surface area contributed by atoms with Crippen molar-refractivity contribution in [2.45, 2.75) is 38.6 Å². The number of hydrogen-bond acceptors (Lipinski definition) is 2. The molecule has 1 saturated heterocycles. The molecule has 104 valence electrons. The van der Waals surface area contributed by atoms with Crippen LogP contribution >= 0.6 is 12.2 Å². The van der Waals surface area contributed by atoms with Gasteiger partial charge in [0.15, 0.2) is 5.11 Å². The van der Waals surface area contributed by atoms with E-state index < -0.39 is 0 Å². The van der Waals surface area contributed by atoms with Crippen LogP contribution in [0.4, 0.5) is 0 Å². The predicted octanol–water partition coefficient (Wildman–Crippen LogP) is 3.17. The van der Waals surface area contributed by atoms with Gasteiger partial charge >= 0.3 is 0 Å². The van der Waals surface area contributed by atoms with Gasteiger partial charge in [-0.2, -0.15) is 0 Å². The number of furan rings is 1. The predicted molar refractivity (Wildman–Crippen MR) is 79.8 cm³/mol. The first-order valence-electron chi connectivity index (χ1n) is 7.38. The lowest BCUT2D eigenvalue weighted by Gasteiger charge is -2.42. The maximum absolute atomic E-state index is 5.51. The van der Waals surface area contributed by atoms with E-state index in [2.05, 4.69) is 10.2 Å². The second-order valence-electron chi connectivity index (χ2n) is 5.78. The Bertz CT molecular complexity index is 418. The van der Waals surface area contributed by atoms with Gasteiger partial charge in [-0.15, -0.1) is 0 Å². The van der Waals surface area contributed by atoms with Crippen LogP contribution in [0.1, 0.15) is 37.9 Å². The molecule has 1 aromatic rings. The van der Waals surface area contributed by atoms with Gasteiger partial charge in [0.05, 0.1) is 12.8 Å². The maximum atomic E-state index is 5.51. The number of rotatable bonds is 2. The third-order valence-corrected chi connectivity index (χ3v) is 4.97. The van der Waals surface area contributed by atoms with Gasteiger partial charge in [0.2, 0.25) is 0 Å². The van der Waals surface area contributed by atoms with Gasteiger partial charge in [-0.1, -0.05) is 19.3 Å². The number of nitrogens with one attached hydrogen (secondary N) is 1. The lowest BCUT2D eigenvalue weighted by Crippen LogP contribution is -2.48. The SMILES string of the molecule is S=C(NCc1ccco1)N1CC[C@H]2CCCC[C@H]2C1. The minimum Gasteiger partial charge on any atom is -0.467 e. The molecule has 2 atom stereocenters. The summed E-state index contributed by atoms with van der Waals surface area (Å²) in [4.78, 5) is 2.35. The Kier molecular flexibility index (Phi) is 4.06. The van der Waals surface area contributed by atoms with Crippen molar-refractivity contribution in [2.75, 3.05) is 13.1 Å². The number of hydrogen-bond donors (Lipinski definition) is 1. The molecule has 1 aromatic heterocycles. The molecule has 19 heavy (non-hydrogen) atoms. The summed E-state index contributed by atoms with van der Waals surface area (Å²) in [5, 5.41) is 4.20. The van der Waals surface area contributed by atoms with Gasteiger partial charge in [0.1, 0.15) is 5.76 Å². The summed E-state index contributed by atoms with van der Waals surface area (Å²) in [5.41, 5.74) is 0. The average molecular weight is 278 g/mol. The first kappa shape index (κ1) is 13.0. The summed E-state index contributed by atoms with van der Waals surface area (Å²) in [6.07, 6.45) is 8.68. The maximum Gasteiger partial charge on any atom is 0.169 e. The van der Waals surface area contributed by atoms with E-state index in [0.717, 1.165) is 35.8 Å². The van der Waals surface area contributed by atoms with Gasteiger partial charge in [-0.25, -0.2) is 0 Å². The van der Waals surface area contributed by atoms with Crippen molar-refractivity contribution in [3.8, 4) is 0 Å². The molecule has 0 aromatic carbocycles. The molecule has 2 fully saturated rings. The van der Waals surface area contributed by atoms with Crippen molar-refractivity contribution >= 4 is 17.3 Å². The van der Waals surface area contributed by atoms with Crippen molar-refractivity contribution in [3.05, 3.63) is 24.2 Å². The van der Waals surface area contributed by atoms with Crippen LogP contribution in [0.2, 0.25) is 0 Å². The van der Waals surface area contributed by atoms with Crippen LogP contribution in [0.15, 0.2) is 22.8 Å².